The van der Waals surface area contributed by atoms with Crippen LogP contribution >= 0.6 is 0 Å². The van der Waals surface area contributed by atoms with Gasteiger partial charge in [-0.25, -0.2) is 0 Å². The maximum absolute atomic E-state index is 6.74. The van der Waals surface area contributed by atoms with E-state index in [1.807, 2.05) is 24.3 Å². The van der Waals surface area contributed by atoms with Crippen LogP contribution in [0, 0.1) is 0 Å². The molecule has 338 valence electrons. The highest BCUT2D eigenvalue weighted by atomic mass is 16.5. The van der Waals surface area contributed by atoms with Crippen molar-refractivity contribution >= 4 is 77.7 Å². The van der Waals surface area contributed by atoms with E-state index in [1.54, 1.807) is 0 Å². The Morgan fingerprint density at radius 1 is 0.208 bits per heavy atom. The molecule has 2 aliphatic rings. The number of benzene rings is 11. The van der Waals surface area contributed by atoms with E-state index in [4.69, 9.17) is 9.47 Å². The minimum absolute atomic E-state index is 0.783. The third kappa shape index (κ3) is 5.96. The van der Waals surface area contributed by atoms with Gasteiger partial charge in [0, 0.05) is 43.8 Å². The monoisotopic (exact) mass is 922 g/mol. The number of nitrogens with zero attached hydrogens (tertiary/aromatic N) is 4. The lowest BCUT2D eigenvalue weighted by molar-refractivity contribution is 0.476. The van der Waals surface area contributed by atoms with Crippen LogP contribution in [0.15, 0.2) is 255 Å². The number of ether oxygens (including phenoxy) is 2. The number of hydrogen-bond donors (Lipinski definition) is 0. The molecule has 2 aliphatic heterocycles. The number of para-hydroxylation sites is 14. The van der Waals surface area contributed by atoms with Crippen LogP contribution in [-0.2, 0) is 0 Å². The molecule has 0 saturated heterocycles. The van der Waals surface area contributed by atoms with Crippen molar-refractivity contribution in [1.82, 2.24) is 9.13 Å². The summed E-state index contributed by atoms with van der Waals surface area (Å²) in [5.74, 6) is 3.13. The number of fused-ring (bicyclic) bond motifs is 10. The molecule has 0 unspecified atom stereocenters. The fourth-order valence-corrected chi connectivity index (χ4v) is 11.5. The third-order valence-corrected chi connectivity index (χ3v) is 14.5. The number of aromatic nitrogens is 2. The molecule has 0 radical (unpaired) electrons. The maximum atomic E-state index is 6.74. The molecule has 11 aromatic carbocycles. The molecule has 0 bridgehead atoms. The summed E-state index contributed by atoms with van der Waals surface area (Å²) < 4.78 is 18.4. The smallest absolute Gasteiger partial charge is 0.151 e. The van der Waals surface area contributed by atoms with Gasteiger partial charge in [-0.1, -0.05) is 158 Å². The molecule has 0 N–H and O–H groups in total. The first-order valence-corrected chi connectivity index (χ1v) is 24.4. The SMILES string of the molecule is c1ccc2c(c1)Oc1ccccc1N2c1cc(-c2ccccc2-n2c3ccccc3c3ccccc32)c(N2c3ccccc3Oc3ccccc32)cc1-c1ccccc1-n1c2ccccc2c2ccccc21. The first kappa shape index (κ1) is 40.1. The normalized spacial score (nSPS) is 12.6. The zero-order chi connectivity index (χ0) is 47.3. The molecule has 4 heterocycles. The number of hydrogen-bond acceptors (Lipinski definition) is 4. The first-order valence-electron chi connectivity index (χ1n) is 24.4. The van der Waals surface area contributed by atoms with Gasteiger partial charge < -0.3 is 28.4 Å². The van der Waals surface area contributed by atoms with Crippen molar-refractivity contribution in [3.8, 4) is 56.6 Å². The first-order chi connectivity index (χ1) is 35.8. The van der Waals surface area contributed by atoms with Crippen LogP contribution in [0.25, 0.3) is 77.2 Å². The molecule has 13 aromatic rings. The van der Waals surface area contributed by atoms with Crippen LogP contribution in [0.3, 0.4) is 0 Å². The van der Waals surface area contributed by atoms with E-state index in [0.29, 0.717) is 0 Å². The van der Waals surface area contributed by atoms with E-state index in [-0.39, 0.29) is 0 Å². The average molecular weight is 923 g/mol. The highest BCUT2D eigenvalue weighted by Crippen LogP contribution is 2.58. The summed E-state index contributed by atoms with van der Waals surface area (Å²) in [6, 6.07) is 91.2. The second-order valence-corrected chi connectivity index (χ2v) is 18.4. The van der Waals surface area contributed by atoms with E-state index in [0.717, 1.165) is 113 Å². The zero-order valence-electron chi connectivity index (χ0n) is 38.9. The molecular formula is C66H42N4O2. The van der Waals surface area contributed by atoms with Gasteiger partial charge in [-0.15, -0.1) is 0 Å². The molecule has 0 fully saturated rings. The minimum Gasteiger partial charge on any atom is -0.453 e. The number of rotatable bonds is 6. The lowest BCUT2D eigenvalue weighted by Gasteiger charge is -2.37. The lowest BCUT2D eigenvalue weighted by Crippen LogP contribution is -2.19. The highest BCUT2D eigenvalue weighted by molar-refractivity contribution is 6.12. The van der Waals surface area contributed by atoms with E-state index >= 15 is 0 Å². The predicted octanol–water partition coefficient (Wildman–Crippen LogP) is 18.4. The van der Waals surface area contributed by atoms with Gasteiger partial charge in [0.05, 0.1) is 67.6 Å². The average Bonchev–Trinajstić information content (AvgIpc) is 3.97. The van der Waals surface area contributed by atoms with E-state index in [1.165, 1.54) is 21.5 Å². The molecule has 2 aromatic heterocycles. The Labute approximate surface area is 415 Å². The molecule has 6 nitrogen and oxygen atoms in total. The van der Waals surface area contributed by atoms with Gasteiger partial charge in [-0.05, 0) is 97.1 Å². The van der Waals surface area contributed by atoms with Crippen LogP contribution in [0.4, 0.5) is 34.1 Å². The molecule has 0 atom stereocenters. The second kappa shape index (κ2) is 15.9. The van der Waals surface area contributed by atoms with Gasteiger partial charge in [0.25, 0.3) is 0 Å². The maximum Gasteiger partial charge on any atom is 0.151 e. The minimum atomic E-state index is 0.783. The fourth-order valence-electron chi connectivity index (χ4n) is 11.5. The Kier molecular flexibility index (Phi) is 8.86. The Bertz CT molecular complexity index is 3860. The molecule has 6 heteroatoms. The molecule has 0 aliphatic carbocycles. The molecule has 72 heavy (non-hydrogen) atoms. The number of anilines is 6. The fraction of sp³-hybridized carbons (Fsp3) is 0. The standard InChI is InChI=1S/C66H42N4O2/c1-7-27-51-43(21-1)44-22-2-8-28-52(44)67(51)55-31-11-5-25-47(55)49-41-62(70-59-35-15-19-39-65(59)72-66-40-20-16-36-60(66)70)50(42-61(49)69-57-33-13-17-37-63(57)71-64-38-18-14-34-58(64)69)48-26-6-12-32-56(48)68-53-29-9-3-23-45(53)46-24-4-10-30-54(46)68/h1-42H. The van der Waals surface area contributed by atoms with Gasteiger partial charge in [-0.2, -0.15) is 0 Å². The summed E-state index contributed by atoms with van der Waals surface area (Å²) in [6.07, 6.45) is 0. The van der Waals surface area contributed by atoms with Gasteiger partial charge in [0.2, 0.25) is 0 Å². The Balaban J connectivity index is 1.12. The Morgan fingerprint density at radius 3 is 0.778 bits per heavy atom. The van der Waals surface area contributed by atoms with Crippen LogP contribution in [0.1, 0.15) is 0 Å². The molecular weight excluding hydrogens is 881 g/mol. The van der Waals surface area contributed by atoms with Crippen molar-refractivity contribution in [2.24, 2.45) is 0 Å². The van der Waals surface area contributed by atoms with Crippen molar-refractivity contribution < 1.29 is 9.47 Å². The zero-order valence-corrected chi connectivity index (χ0v) is 38.9. The van der Waals surface area contributed by atoms with Crippen molar-refractivity contribution in [2.75, 3.05) is 9.80 Å². The van der Waals surface area contributed by atoms with Crippen LogP contribution < -0.4 is 19.3 Å². The Hall–Kier alpha value is -9.78. The van der Waals surface area contributed by atoms with Gasteiger partial charge >= 0.3 is 0 Å². The lowest BCUT2D eigenvalue weighted by atomic mass is 9.91. The topological polar surface area (TPSA) is 34.8 Å². The summed E-state index contributed by atoms with van der Waals surface area (Å²) in [5, 5.41) is 4.83. The van der Waals surface area contributed by atoms with Crippen molar-refractivity contribution in [1.29, 1.82) is 0 Å². The summed E-state index contributed by atoms with van der Waals surface area (Å²) in [5.41, 5.74) is 16.7. The predicted molar refractivity (Wildman–Crippen MR) is 296 cm³/mol. The van der Waals surface area contributed by atoms with Crippen LogP contribution in [0.5, 0.6) is 23.0 Å². The Morgan fingerprint density at radius 2 is 0.458 bits per heavy atom. The highest BCUT2D eigenvalue weighted by Gasteiger charge is 2.34. The van der Waals surface area contributed by atoms with E-state index < -0.39 is 0 Å². The van der Waals surface area contributed by atoms with Crippen LogP contribution in [0.2, 0.25) is 0 Å². The molecule has 15 rings (SSSR count). The molecule has 0 amide bonds. The quantitative estimate of drug-likeness (QED) is 0.166. The van der Waals surface area contributed by atoms with Gasteiger partial charge in [0.1, 0.15) is 0 Å². The van der Waals surface area contributed by atoms with Crippen LogP contribution in [-0.4, -0.2) is 9.13 Å². The largest absolute Gasteiger partial charge is 0.453 e. The summed E-state index contributed by atoms with van der Waals surface area (Å²) in [7, 11) is 0. The van der Waals surface area contributed by atoms with Gasteiger partial charge in [0.15, 0.2) is 23.0 Å². The second-order valence-electron chi connectivity index (χ2n) is 18.4. The summed E-state index contributed by atoms with van der Waals surface area (Å²) in [4.78, 5) is 4.81. The van der Waals surface area contributed by atoms with Gasteiger partial charge in [-0.3, -0.25) is 0 Å². The van der Waals surface area contributed by atoms with Crippen molar-refractivity contribution in [2.45, 2.75) is 0 Å². The summed E-state index contributed by atoms with van der Waals surface area (Å²) >= 11 is 0. The molecule has 0 saturated carbocycles. The van der Waals surface area contributed by atoms with E-state index in [9.17, 15) is 0 Å². The summed E-state index contributed by atoms with van der Waals surface area (Å²) in [6.45, 7) is 0. The van der Waals surface area contributed by atoms with Crippen molar-refractivity contribution in [3.63, 3.8) is 0 Å². The third-order valence-electron chi connectivity index (χ3n) is 14.5. The molecule has 0 spiro atoms. The van der Waals surface area contributed by atoms with Crippen molar-refractivity contribution in [3.05, 3.63) is 255 Å². The van der Waals surface area contributed by atoms with E-state index in [2.05, 4.69) is 249 Å².